The van der Waals surface area contributed by atoms with Gasteiger partial charge in [-0.1, -0.05) is 13.8 Å². The van der Waals surface area contributed by atoms with Gasteiger partial charge in [0, 0.05) is 12.6 Å². The van der Waals surface area contributed by atoms with Crippen LogP contribution in [0.25, 0.3) is 0 Å². The molecule has 1 atom stereocenters. The summed E-state index contributed by atoms with van der Waals surface area (Å²) in [5.41, 5.74) is -0.0417. The third-order valence-electron chi connectivity index (χ3n) is 4.25. The number of benzene rings is 1. The van der Waals surface area contributed by atoms with Gasteiger partial charge >= 0.3 is 5.97 Å². The molecule has 1 fully saturated rings. The second kappa shape index (κ2) is 8.69. The number of amides is 1. The van der Waals surface area contributed by atoms with Crippen molar-refractivity contribution < 1.29 is 31.9 Å². The lowest BCUT2D eigenvalue weighted by molar-refractivity contribution is -0.137. The monoisotopic (exact) mass is 401 g/mol. The average molecular weight is 401 g/mol. The zero-order valence-electron chi connectivity index (χ0n) is 15.6. The van der Waals surface area contributed by atoms with E-state index in [1.165, 1.54) is 24.1 Å². The van der Waals surface area contributed by atoms with Crippen molar-refractivity contribution >= 4 is 21.7 Å². The Morgan fingerprint density at radius 2 is 2.04 bits per heavy atom. The summed E-state index contributed by atoms with van der Waals surface area (Å²) in [5, 5.41) is 0. The van der Waals surface area contributed by atoms with Crippen LogP contribution < -0.4 is 4.74 Å². The number of esters is 1. The number of methoxy groups -OCH3 is 1. The van der Waals surface area contributed by atoms with Crippen LogP contribution in [0.2, 0.25) is 0 Å². The van der Waals surface area contributed by atoms with E-state index < -0.39 is 40.2 Å². The van der Waals surface area contributed by atoms with Crippen molar-refractivity contribution in [3.8, 4) is 5.75 Å². The molecule has 0 radical (unpaired) electrons. The van der Waals surface area contributed by atoms with Crippen molar-refractivity contribution in [1.29, 1.82) is 0 Å². The molecular weight excluding hydrogens is 377 g/mol. The first-order valence-electron chi connectivity index (χ1n) is 8.63. The zero-order chi connectivity index (χ0) is 20.2. The fourth-order valence-corrected chi connectivity index (χ4v) is 4.69. The van der Waals surface area contributed by atoms with E-state index in [2.05, 4.69) is 0 Å². The quantitative estimate of drug-likeness (QED) is 0.646. The summed E-state index contributed by atoms with van der Waals surface area (Å²) in [6.45, 7) is 3.66. The van der Waals surface area contributed by atoms with Gasteiger partial charge in [-0.25, -0.2) is 17.6 Å². The third-order valence-corrected chi connectivity index (χ3v) is 6.00. The predicted octanol–water partition coefficient (Wildman–Crippen LogP) is 1.66. The molecule has 7 nitrogen and oxygen atoms in total. The predicted molar refractivity (Wildman–Crippen MR) is 96.8 cm³/mol. The molecule has 0 spiro atoms. The van der Waals surface area contributed by atoms with Gasteiger partial charge in [-0.3, -0.25) is 4.79 Å². The molecule has 0 aliphatic carbocycles. The van der Waals surface area contributed by atoms with Crippen LogP contribution in [-0.4, -0.2) is 63.0 Å². The highest BCUT2D eigenvalue weighted by molar-refractivity contribution is 7.91. The molecule has 1 unspecified atom stereocenters. The van der Waals surface area contributed by atoms with Gasteiger partial charge in [0.25, 0.3) is 5.91 Å². The van der Waals surface area contributed by atoms with Crippen LogP contribution in [0.15, 0.2) is 18.2 Å². The number of halogens is 1. The van der Waals surface area contributed by atoms with E-state index in [1.807, 2.05) is 13.8 Å². The number of carbonyl (C=O) groups excluding carboxylic acids is 2. The highest BCUT2D eigenvalue weighted by Crippen LogP contribution is 2.20. The van der Waals surface area contributed by atoms with E-state index in [1.54, 1.807) is 0 Å². The molecule has 0 N–H and O–H groups in total. The summed E-state index contributed by atoms with van der Waals surface area (Å²) in [4.78, 5) is 26.1. The summed E-state index contributed by atoms with van der Waals surface area (Å²) in [7, 11) is -1.84. The Bertz CT molecular complexity index is 808. The van der Waals surface area contributed by atoms with Gasteiger partial charge in [-0.05, 0) is 30.5 Å². The Morgan fingerprint density at radius 3 is 2.56 bits per heavy atom. The van der Waals surface area contributed by atoms with Crippen LogP contribution in [-0.2, 0) is 19.4 Å². The van der Waals surface area contributed by atoms with Gasteiger partial charge in [0.05, 0.1) is 24.2 Å². The van der Waals surface area contributed by atoms with Crippen LogP contribution >= 0.6 is 0 Å². The molecule has 1 aliphatic rings. The van der Waals surface area contributed by atoms with E-state index in [4.69, 9.17) is 9.47 Å². The Balaban J connectivity index is 2.02. The van der Waals surface area contributed by atoms with E-state index in [0.29, 0.717) is 13.0 Å². The van der Waals surface area contributed by atoms with Crippen LogP contribution in [0.1, 0.15) is 30.6 Å². The van der Waals surface area contributed by atoms with Gasteiger partial charge in [0.1, 0.15) is 0 Å². The SMILES string of the molecule is COc1ccc(C(=O)OCC(=O)N(CC(C)C)C2CCS(=O)(=O)C2)cc1F. The first-order valence-corrected chi connectivity index (χ1v) is 10.5. The van der Waals surface area contributed by atoms with E-state index in [0.717, 1.165) is 6.07 Å². The summed E-state index contributed by atoms with van der Waals surface area (Å²) < 4.78 is 46.9. The topological polar surface area (TPSA) is 90.0 Å². The number of carbonyl (C=O) groups is 2. The molecular formula is C18H24FNO6S. The fraction of sp³-hybridized carbons (Fsp3) is 0.556. The Morgan fingerprint density at radius 1 is 1.33 bits per heavy atom. The van der Waals surface area contributed by atoms with E-state index >= 15 is 0 Å². The lowest BCUT2D eigenvalue weighted by atomic mass is 10.1. The van der Waals surface area contributed by atoms with Gasteiger partial charge < -0.3 is 14.4 Å². The maximum absolute atomic E-state index is 13.7. The first kappa shape index (κ1) is 21.1. The van der Waals surface area contributed by atoms with Crippen LogP contribution in [0.3, 0.4) is 0 Å². The molecule has 9 heteroatoms. The van der Waals surface area contributed by atoms with Crippen LogP contribution in [0.4, 0.5) is 4.39 Å². The lowest BCUT2D eigenvalue weighted by Crippen LogP contribution is -2.45. The molecule has 1 amide bonds. The Kier molecular flexibility index (Phi) is 6.80. The minimum atomic E-state index is -3.15. The molecule has 1 aliphatic heterocycles. The Hall–Kier alpha value is -2.16. The number of hydrogen-bond donors (Lipinski definition) is 0. The van der Waals surface area contributed by atoms with Crippen LogP contribution in [0.5, 0.6) is 5.75 Å². The van der Waals surface area contributed by atoms with Gasteiger partial charge in [0.15, 0.2) is 28.0 Å². The molecule has 0 bridgehead atoms. The second-order valence-corrected chi connectivity index (χ2v) is 9.15. The molecule has 0 saturated carbocycles. The number of ether oxygens (including phenoxy) is 2. The van der Waals surface area contributed by atoms with Crippen molar-refractivity contribution in [1.82, 2.24) is 4.90 Å². The van der Waals surface area contributed by atoms with E-state index in [-0.39, 0.29) is 28.7 Å². The summed E-state index contributed by atoms with van der Waals surface area (Å²) in [5.74, 6) is -1.93. The molecule has 1 aromatic rings. The summed E-state index contributed by atoms with van der Waals surface area (Å²) in [6.07, 6.45) is 0.373. The minimum absolute atomic E-state index is 0.00632. The van der Waals surface area contributed by atoms with Crippen molar-refractivity contribution in [2.45, 2.75) is 26.3 Å². The lowest BCUT2D eigenvalue weighted by Gasteiger charge is -2.29. The van der Waals surface area contributed by atoms with Gasteiger partial charge in [-0.2, -0.15) is 0 Å². The highest BCUT2D eigenvalue weighted by atomic mass is 32.2. The molecule has 1 heterocycles. The summed E-state index contributed by atoms with van der Waals surface area (Å²) in [6, 6.07) is 3.19. The van der Waals surface area contributed by atoms with Gasteiger partial charge in [-0.15, -0.1) is 0 Å². The molecule has 1 saturated heterocycles. The van der Waals surface area contributed by atoms with E-state index in [9.17, 15) is 22.4 Å². The zero-order valence-corrected chi connectivity index (χ0v) is 16.4. The smallest absolute Gasteiger partial charge is 0.338 e. The van der Waals surface area contributed by atoms with Crippen molar-refractivity contribution in [2.24, 2.45) is 5.92 Å². The normalized spacial score (nSPS) is 18.3. The van der Waals surface area contributed by atoms with Crippen molar-refractivity contribution in [3.63, 3.8) is 0 Å². The third kappa shape index (κ3) is 5.66. The molecule has 2 rings (SSSR count). The number of sulfone groups is 1. The standard InChI is InChI=1S/C18H24FNO6S/c1-12(2)9-20(14-6-7-27(23,24)11-14)17(21)10-26-18(22)13-4-5-16(25-3)15(19)8-13/h4-5,8,12,14H,6-7,9-11H2,1-3H3. The number of nitrogens with zero attached hydrogens (tertiary/aromatic N) is 1. The molecule has 150 valence electrons. The fourth-order valence-electron chi connectivity index (χ4n) is 2.96. The molecule has 1 aromatic carbocycles. The van der Waals surface area contributed by atoms with Gasteiger partial charge in [0.2, 0.25) is 0 Å². The number of hydrogen-bond acceptors (Lipinski definition) is 6. The number of rotatable bonds is 7. The molecule has 27 heavy (non-hydrogen) atoms. The maximum atomic E-state index is 13.7. The molecule has 0 aromatic heterocycles. The summed E-state index contributed by atoms with van der Waals surface area (Å²) >= 11 is 0. The maximum Gasteiger partial charge on any atom is 0.338 e. The van der Waals surface area contributed by atoms with Crippen molar-refractivity contribution in [2.75, 3.05) is 31.8 Å². The average Bonchev–Trinajstić information content (AvgIpc) is 2.96. The first-order chi connectivity index (χ1) is 12.6. The van der Waals surface area contributed by atoms with Crippen molar-refractivity contribution in [3.05, 3.63) is 29.6 Å². The minimum Gasteiger partial charge on any atom is -0.494 e. The Labute approximate surface area is 158 Å². The van der Waals surface area contributed by atoms with Crippen LogP contribution in [0, 0.1) is 11.7 Å². The second-order valence-electron chi connectivity index (χ2n) is 6.92. The highest BCUT2D eigenvalue weighted by Gasteiger charge is 2.35. The largest absolute Gasteiger partial charge is 0.494 e.